The van der Waals surface area contributed by atoms with Crippen LogP contribution in [0.25, 0.3) is 22.4 Å². The van der Waals surface area contributed by atoms with Crippen LogP contribution in [0.3, 0.4) is 0 Å². The molecule has 0 N–H and O–H groups in total. The van der Waals surface area contributed by atoms with E-state index in [4.69, 9.17) is 9.15 Å². The zero-order valence-electron chi connectivity index (χ0n) is 14.2. The monoisotopic (exact) mass is 330 g/mol. The summed E-state index contributed by atoms with van der Waals surface area (Å²) in [6.45, 7) is 4.23. The SMILES string of the molecule is Cc1ccc2cccc(OCc3nc(-c4ccccc4)oc3C)c2n1. The van der Waals surface area contributed by atoms with Crippen molar-refractivity contribution in [2.75, 3.05) is 0 Å². The summed E-state index contributed by atoms with van der Waals surface area (Å²) in [6.07, 6.45) is 0. The van der Waals surface area contributed by atoms with E-state index in [0.717, 1.165) is 39.4 Å². The molecule has 0 amide bonds. The van der Waals surface area contributed by atoms with E-state index in [2.05, 4.69) is 16.0 Å². The first-order valence-corrected chi connectivity index (χ1v) is 8.21. The maximum Gasteiger partial charge on any atom is 0.226 e. The lowest BCUT2D eigenvalue weighted by atomic mass is 10.2. The minimum Gasteiger partial charge on any atom is -0.485 e. The molecule has 0 bridgehead atoms. The average Bonchev–Trinajstić information content (AvgIpc) is 3.01. The molecule has 0 saturated carbocycles. The van der Waals surface area contributed by atoms with Crippen LogP contribution in [-0.4, -0.2) is 9.97 Å². The van der Waals surface area contributed by atoms with Gasteiger partial charge in [-0.1, -0.05) is 36.4 Å². The molecule has 0 saturated heterocycles. The van der Waals surface area contributed by atoms with Crippen molar-refractivity contribution in [2.24, 2.45) is 0 Å². The van der Waals surface area contributed by atoms with E-state index in [0.29, 0.717) is 12.5 Å². The number of pyridine rings is 1. The summed E-state index contributed by atoms with van der Waals surface area (Å²) < 4.78 is 11.8. The fourth-order valence-corrected chi connectivity index (χ4v) is 2.75. The van der Waals surface area contributed by atoms with Crippen molar-refractivity contribution in [3.8, 4) is 17.2 Å². The summed E-state index contributed by atoms with van der Waals surface area (Å²) >= 11 is 0. The van der Waals surface area contributed by atoms with Crippen LogP contribution in [0.15, 0.2) is 65.1 Å². The minimum absolute atomic E-state index is 0.344. The number of para-hydroxylation sites is 1. The molecular weight excluding hydrogens is 312 g/mol. The highest BCUT2D eigenvalue weighted by Crippen LogP contribution is 2.26. The second kappa shape index (κ2) is 6.40. The number of hydrogen-bond acceptors (Lipinski definition) is 4. The van der Waals surface area contributed by atoms with Crippen LogP contribution in [0.5, 0.6) is 5.75 Å². The first kappa shape index (κ1) is 15.4. The third kappa shape index (κ3) is 3.11. The highest BCUT2D eigenvalue weighted by molar-refractivity contribution is 5.84. The molecule has 0 atom stereocenters. The molecule has 4 heteroatoms. The Morgan fingerprint density at radius 1 is 0.880 bits per heavy atom. The summed E-state index contributed by atoms with van der Waals surface area (Å²) in [5.41, 5.74) is 3.59. The maximum absolute atomic E-state index is 6.01. The van der Waals surface area contributed by atoms with Gasteiger partial charge in [0.2, 0.25) is 5.89 Å². The molecule has 25 heavy (non-hydrogen) atoms. The summed E-state index contributed by atoms with van der Waals surface area (Å²) in [7, 11) is 0. The van der Waals surface area contributed by atoms with Crippen LogP contribution in [0.2, 0.25) is 0 Å². The number of benzene rings is 2. The highest BCUT2D eigenvalue weighted by atomic mass is 16.5. The molecule has 0 fully saturated rings. The number of aromatic nitrogens is 2. The van der Waals surface area contributed by atoms with Crippen molar-refractivity contribution < 1.29 is 9.15 Å². The van der Waals surface area contributed by atoms with E-state index in [9.17, 15) is 0 Å². The Morgan fingerprint density at radius 2 is 1.72 bits per heavy atom. The molecule has 124 valence electrons. The van der Waals surface area contributed by atoms with Gasteiger partial charge < -0.3 is 9.15 Å². The van der Waals surface area contributed by atoms with Gasteiger partial charge in [0.25, 0.3) is 0 Å². The van der Waals surface area contributed by atoms with Gasteiger partial charge in [-0.2, -0.15) is 0 Å². The van der Waals surface area contributed by atoms with Crippen LogP contribution in [-0.2, 0) is 6.61 Å². The Morgan fingerprint density at radius 3 is 2.56 bits per heavy atom. The molecule has 2 heterocycles. The summed E-state index contributed by atoms with van der Waals surface area (Å²) in [5, 5.41) is 1.06. The summed E-state index contributed by atoms with van der Waals surface area (Å²) in [4.78, 5) is 9.17. The van der Waals surface area contributed by atoms with Gasteiger partial charge in [0, 0.05) is 16.6 Å². The summed E-state index contributed by atoms with van der Waals surface area (Å²) in [5.74, 6) is 2.14. The predicted octanol–water partition coefficient (Wildman–Crippen LogP) is 5.09. The number of nitrogens with zero attached hydrogens (tertiary/aromatic N) is 2. The number of aryl methyl sites for hydroxylation is 2. The number of rotatable bonds is 4. The molecule has 2 aromatic carbocycles. The molecule has 0 unspecified atom stereocenters. The highest BCUT2D eigenvalue weighted by Gasteiger charge is 2.13. The van der Waals surface area contributed by atoms with Crippen molar-refractivity contribution in [3.63, 3.8) is 0 Å². The quantitative estimate of drug-likeness (QED) is 0.523. The molecule has 4 nitrogen and oxygen atoms in total. The van der Waals surface area contributed by atoms with Crippen LogP contribution in [0, 0.1) is 13.8 Å². The zero-order chi connectivity index (χ0) is 17.2. The van der Waals surface area contributed by atoms with E-state index in [1.54, 1.807) is 0 Å². The van der Waals surface area contributed by atoms with Crippen molar-refractivity contribution in [1.82, 2.24) is 9.97 Å². The van der Waals surface area contributed by atoms with E-state index >= 15 is 0 Å². The molecule has 4 aromatic rings. The lowest BCUT2D eigenvalue weighted by molar-refractivity contribution is 0.302. The van der Waals surface area contributed by atoms with Crippen LogP contribution in [0.1, 0.15) is 17.1 Å². The second-order valence-electron chi connectivity index (χ2n) is 5.96. The van der Waals surface area contributed by atoms with Gasteiger partial charge in [0.15, 0.2) is 0 Å². The Hall–Kier alpha value is -3.14. The largest absolute Gasteiger partial charge is 0.485 e. The van der Waals surface area contributed by atoms with Gasteiger partial charge in [-0.15, -0.1) is 0 Å². The molecule has 0 spiro atoms. The smallest absolute Gasteiger partial charge is 0.226 e. The van der Waals surface area contributed by atoms with Crippen LogP contribution in [0.4, 0.5) is 0 Å². The first-order valence-electron chi connectivity index (χ1n) is 8.21. The Labute approximate surface area is 146 Å². The lowest BCUT2D eigenvalue weighted by Crippen LogP contribution is -1.99. The summed E-state index contributed by atoms with van der Waals surface area (Å²) in [6, 6.07) is 19.9. The fraction of sp³-hybridized carbons (Fsp3) is 0.143. The third-order valence-electron chi connectivity index (χ3n) is 4.10. The first-order chi connectivity index (χ1) is 12.2. The van der Waals surface area contributed by atoms with E-state index in [-0.39, 0.29) is 0 Å². The Balaban J connectivity index is 1.60. The topological polar surface area (TPSA) is 48.2 Å². The Kier molecular flexibility index (Phi) is 3.94. The fourth-order valence-electron chi connectivity index (χ4n) is 2.75. The van der Waals surface area contributed by atoms with Crippen LogP contribution >= 0.6 is 0 Å². The van der Waals surface area contributed by atoms with Gasteiger partial charge in [-0.25, -0.2) is 9.97 Å². The van der Waals surface area contributed by atoms with Gasteiger partial charge in [-0.05, 0) is 38.1 Å². The third-order valence-corrected chi connectivity index (χ3v) is 4.10. The predicted molar refractivity (Wildman–Crippen MR) is 97.5 cm³/mol. The minimum atomic E-state index is 0.344. The van der Waals surface area contributed by atoms with E-state index in [1.165, 1.54) is 0 Å². The second-order valence-corrected chi connectivity index (χ2v) is 5.96. The molecule has 2 aromatic heterocycles. The van der Waals surface area contributed by atoms with E-state index in [1.807, 2.05) is 68.4 Å². The lowest BCUT2D eigenvalue weighted by Gasteiger charge is -2.08. The standard InChI is InChI=1S/C21H18N2O2/c1-14-11-12-16-9-6-10-19(20(16)22-14)24-13-18-15(2)25-21(23-18)17-7-4-3-5-8-17/h3-12H,13H2,1-2H3. The number of hydrogen-bond donors (Lipinski definition) is 0. The van der Waals surface area contributed by atoms with Crippen molar-refractivity contribution in [3.05, 3.63) is 77.8 Å². The number of oxazole rings is 1. The van der Waals surface area contributed by atoms with Crippen molar-refractivity contribution >= 4 is 10.9 Å². The molecule has 0 aliphatic carbocycles. The van der Waals surface area contributed by atoms with Gasteiger partial charge in [-0.3, -0.25) is 0 Å². The Bertz CT molecular complexity index is 1020. The van der Waals surface area contributed by atoms with Crippen molar-refractivity contribution in [2.45, 2.75) is 20.5 Å². The molecule has 4 rings (SSSR count). The number of ether oxygens (including phenoxy) is 1. The average molecular weight is 330 g/mol. The zero-order valence-corrected chi connectivity index (χ0v) is 14.2. The molecular formula is C21H18N2O2. The van der Waals surface area contributed by atoms with Crippen LogP contribution < -0.4 is 4.74 Å². The number of fused-ring (bicyclic) bond motifs is 1. The molecule has 0 aliphatic heterocycles. The maximum atomic E-state index is 6.01. The van der Waals surface area contributed by atoms with Crippen molar-refractivity contribution in [1.29, 1.82) is 0 Å². The van der Waals surface area contributed by atoms with Gasteiger partial charge >= 0.3 is 0 Å². The molecule has 0 aliphatic rings. The van der Waals surface area contributed by atoms with E-state index < -0.39 is 0 Å². The van der Waals surface area contributed by atoms with Gasteiger partial charge in [0.1, 0.15) is 29.3 Å². The molecule has 0 radical (unpaired) electrons. The van der Waals surface area contributed by atoms with Gasteiger partial charge in [0.05, 0.1) is 0 Å². The normalized spacial score (nSPS) is 11.0.